The maximum absolute atomic E-state index is 12.3. The molecular formula is C17H26O4. The molecule has 0 saturated heterocycles. The molecule has 0 amide bonds. The first-order valence-corrected chi connectivity index (χ1v) is 7.69. The highest BCUT2D eigenvalue weighted by atomic mass is 16.5. The Morgan fingerprint density at radius 3 is 1.62 bits per heavy atom. The van der Waals surface area contributed by atoms with E-state index in [-0.39, 0.29) is 23.8 Å². The summed E-state index contributed by atoms with van der Waals surface area (Å²) in [5, 5.41) is 0. The number of esters is 2. The fraction of sp³-hybridized carbons (Fsp3) is 0.647. The Bertz CT molecular complexity index is 352. The van der Waals surface area contributed by atoms with Crippen molar-refractivity contribution in [2.24, 2.45) is 23.7 Å². The van der Waals surface area contributed by atoms with Crippen LogP contribution < -0.4 is 0 Å². The Morgan fingerprint density at radius 2 is 1.33 bits per heavy atom. The van der Waals surface area contributed by atoms with Crippen molar-refractivity contribution in [1.29, 1.82) is 0 Å². The molecule has 1 saturated carbocycles. The molecule has 0 aromatic rings. The minimum Gasteiger partial charge on any atom is -0.465 e. The second kappa shape index (κ2) is 8.65. The molecule has 0 heterocycles. The molecule has 4 nitrogen and oxygen atoms in total. The van der Waals surface area contributed by atoms with E-state index in [1.807, 2.05) is 13.8 Å². The average Bonchev–Trinajstić information content (AvgIpc) is 2.88. The molecule has 4 heteroatoms. The van der Waals surface area contributed by atoms with E-state index >= 15 is 0 Å². The van der Waals surface area contributed by atoms with Gasteiger partial charge in [-0.3, -0.25) is 9.59 Å². The maximum Gasteiger partial charge on any atom is 0.310 e. The van der Waals surface area contributed by atoms with Gasteiger partial charge in [0.25, 0.3) is 0 Å². The van der Waals surface area contributed by atoms with Gasteiger partial charge < -0.3 is 9.47 Å². The third kappa shape index (κ3) is 4.19. The molecule has 1 aliphatic carbocycles. The van der Waals surface area contributed by atoms with Gasteiger partial charge in [0.1, 0.15) is 0 Å². The maximum atomic E-state index is 12.3. The van der Waals surface area contributed by atoms with Crippen LogP contribution in [0.2, 0.25) is 0 Å². The van der Waals surface area contributed by atoms with Crippen LogP contribution in [-0.4, -0.2) is 25.2 Å². The summed E-state index contributed by atoms with van der Waals surface area (Å²) >= 11 is 0. The summed E-state index contributed by atoms with van der Waals surface area (Å²) in [6, 6.07) is 0. The fourth-order valence-corrected chi connectivity index (χ4v) is 2.87. The van der Waals surface area contributed by atoms with Crippen LogP contribution in [0.25, 0.3) is 0 Å². The number of rotatable bonds is 8. The summed E-state index contributed by atoms with van der Waals surface area (Å²) in [6.45, 7) is 12.2. The SMILES string of the molecule is C=CC1CC(C=C)C(C(=O)OCCC)C1C(=O)OCCC. The Hall–Kier alpha value is -1.58. The van der Waals surface area contributed by atoms with Gasteiger partial charge in [0.05, 0.1) is 25.0 Å². The number of carbonyl (C=O) groups is 2. The summed E-state index contributed by atoms with van der Waals surface area (Å²) in [6.07, 6.45) is 5.67. The summed E-state index contributed by atoms with van der Waals surface area (Å²) in [5.41, 5.74) is 0. The second-order valence-corrected chi connectivity index (χ2v) is 5.42. The summed E-state index contributed by atoms with van der Waals surface area (Å²) in [5.74, 6) is -1.83. The highest BCUT2D eigenvalue weighted by molar-refractivity contribution is 5.84. The van der Waals surface area contributed by atoms with E-state index in [1.165, 1.54) is 0 Å². The van der Waals surface area contributed by atoms with Crippen molar-refractivity contribution in [3.05, 3.63) is 25.3 Å². The largest absolute Gasteiger partial charge is 0.465 e. The van der Waals surface area contributed by atoms with Gasteiger partial charge in [-0.05, 0) is 31.1 Å². The highest BCUT2D eigenvalue weighted by Gasteiger charge is 2.50. The molecule has 0 spiro atoms. The summed E-state index contributed by atoms with van der Waals surface area (Å²) in [4.78, 5) is 24.6. The van der Waals surface area contributed by atoms with E-state index in [0.717, 1.165) is 12.8 Å². The normalized spacial score (nSPS) is 27.9. The Labute approximate surface area is 127 Å². The Balaban J connectivity index is 2.94. The lowest BCUT2D eigenvalue weighted by molar-refractivity contribution is -0.161. The lowest BCUT2D eigenvalue weighted by Crippen LogP contribution is -2.34. The number of carbonyl (C=O) groups excluding carboxylic acids is 2. The molecule has 4 unspecified atom stereocenters. The van der Waals surface area contributed by atoms with Gasteiger partial charge in [-0.2, -0.15) is 0 Å². The zero-order valence-corrected chi connectivity index (χ0v) is 13.0. The predicted octanol–water partition coefficient (Wildman–Crippen LogP) is 3.13. The number of ether oxygens (including phenoxy) is 2. The first-order valence-electron chi connectivity index (χ1n) is 7.69. The highest BCUT2D eigenvalue weighted by Crippen LogP contribution is 2.44. The van der Waals surface area contributed by atoms with Crippen LogP contribution in [0.5, 0.6) is 0 Å². The predicted molar refractivity (Wildman–Crippen MR) is 81.5 cm³/mol. The van der Waals surface area contributed by atoms with Gasteiger partial charge in [0, 0.05) is 0 Å². The van der Waals surface area contributed by atoms with E-state index in [4.69, 9.17) is 9.47 Å². The lowest BCUT2D eigenvalue weighted by Gasteiger charge is -2.22. The van der Waals surface area contributed by atoms with Crippen LogP contribution >= 0.6 is 0 Å². The average molecular weight is 294 g/mol. The van der Waals surface area contributed by atoms with E-state index in [2.05, 4.69) is 13.2 Å². The molecule has 0 aromatic carbocycles. The first-order chi connectivity index (χ1) is 10.1. The van der Waals surface area contributed by atoms with Crippen molar-refractivity contribution in [3.63, 3.8) is 0 Å². The lowest BCUT2D eigenvalue weighted by atomic mass is 9.87. The van der Waals surface area contributed by atoms with Gasteiger partial charge in [0.2, 0.25) is 0 Å². The van der Waals surface area contributed by atoms with Crippen molar-refractivity contribution < 1.29 is 19.1 Å². The van der Waals surface area contributed by atoms with Crippen LogP contribution in [0.1, 0.15) is 33.1 Å². The van der Waals surface area contributed by atoms with Gasteiger partial charge in [0.15, 0.2) is 0 Å². The molecule has 0 N–H and O–H groups in total. The molecule has 4 atom stereocenters. The molecular weight excluding hydrogens is 268 g/mol. The molecule has 0 bridgehead atoms. The molecule has 1 fully saturated rings. The summed E-state index contributed by atoms with van der Waals surface area (Å²) in [7, 11) is 0. The molecule has 118 valence electrons. The number of hydrogen-bond acceptors (Lipinski definition) is 4. The van der Waals surface area contributed by atoms with E-state index in [1.54, 1.807) is 12.2 Å². The van der Waals surface area contributed by atoms with E-state index in [9.17, 15) is 9.59 Å². The number of hydrogen-bond donors (Lipinski definition) is 0. The van der Waals surface area contributed by atoms with Crippen LogP contribution in [0.15, 0.2) is 25.3 Å². The molecule has 0 aromatic heterocycles. The molecule has 21 heavy (non-hydrogen) atoms. The number of allylic oxidation sites excluding steroid dienone is 2. The van der Waals surface area contributed by atoms with Gasteiger partial charge >= 0.3 is 11.9 Å². The molecule has 0 radical (unpaired) electrons. The van der Waals surface area contributed by atoms with Gasteiger partial charge in [-0.1, -0.05) is 26.0 Å². The quantitative estimate of drug-likeness (QED) is 0.510. The van der Waals surface area contributed by atoms with Crippen molar-refractivity contribution in [2.75, 3.05) is 13.2 Å². The summed E-state index contributed by atoms with van der Waals surface area (Å²) < 4.78 is 10.5. The minimum atomic E-state index is -0.513. The fourth-order valence-electron chi connectivity index (χ4n) is 2.87. The zero-order chi connectivity index (χ0) is 15.8. The zero-order valence-electron chi connectivity index (χ0n) is 13.0. The molecule has 1 rings (SSSR count). The van der Waals surface area contributed by atoms with Crippen molar-refractivity contribution in [3.8, 4) is 0 Å². The van der Waals surface area contributed by atoms with E-state index < -0.39 is 11.8 Å². The topological polar surface area (TPSA) is 52.6 Å². The van der Waals surface area contributed by atoms with Crippen LogP contribution in [0.3, 0.4) is 0 Å². The third-order valence-electron chi connectivity index (χ3n) is 3.90. The van der Waals surface area contributed by atoms with Crippen LogP contribution in [0, 0.1) is 23.7 Å². The smallest absolute Gasteiger partial charge is 0.310 e. The van der Waals surface area contributed by atoms with Crippen LogP contribution in [-0.2, 0) is 19.1 Å². The van der Waals surface area contributed by atoms with Crippen molar-refractivity contribution in [1.82, 2.24) is 0 Å². The first kappa shape index (κ1) is 17.5. The van der Waals surface area contributed by atoms with Crippen molar-refractivity contribution >= 4 is 11.9 Å². The molecule has 1 aliphatic rings. The minimum absolute atomic E-state index is 0.0727. The van der Waals surface area contributed by atoms with Gasteiger partial charge in [-0.15, -0.1) is 13.2 Å². The standard InChI is InChI=1S/C17H26O4/c1-5-9-20-16(18)14-12(7-3)11-13(8-4)15(14)17(19)21-10-6-2/h7-8,12-15H,3-6,9-11H2,1-2H3. The Kier molecular flexibility index (Phi) is 7.20. The Morgan fingerprint density at radius 1 is 0.952 bits per heavy atom. The van der Waals surface area contributed by atoms with E-state index in [0.29, 0.717) is 19.6 Å². The van der Waals surface area contributed by atoms with Crippen molar-refractivity contribution in [2.45, 2.75) is 33.1 Å². The van der Waals surface area contributed by atoms with Gasteiger partial charge in [-0.25, -0.2) is 0 Å². The molecule has 0 aliphatic heterocycles. The third-order valence-corrected chi connectivity index (χ3v) is 3.90. The second-order valence-electron chi connectivity index (χ2n) is 5.42. The van der Waals surface area contributed by atoms with Crippen LogP contribution in [0.4, 0.5) is 0 Å². The monoisotopic (exact) mass is 294 g/mol.